The Morgan fingerprint density at radius 2 is 2.18 bits per heavy atom. The van der Waals surface area contributed by atoms with Crippen molar-refractivity contribution in [3.63, 3.8) is 0 Å². The maximum absolute atomic E-state index is 12.6. The molecule has 6 nitrogen and oxygen atoms in total. The van der Waals surface area contributed by atoms with Gasteiger partial charge in [0.15, 0.2) is 5.76 Å². The van der Waals surface area contributed by atoms with Crippen LogP contribution in [0.2, 0.25) is 0 Å². The van der Waals surface area contributed by atoms with E-state index in [-0.39, 0.29) is 17.6 Å². The monoisotopic (exact) mass is 319 g/mol. The van der Waals surface area contributed by atoms with Gasteiger partial charge in [0.2, 0.25) is 0 Å². The van der Waals surface area contributed by atoms with E-state index in [0.717, 1.165) is 26.1 Å². The third-order valence-corrected chi connectivity index (χ3v) is 4.32. The summed E-state index contributed by atoms with van der Waals surface area (Å²) < 4.78 is 5.07. The first-order valence-electron chi connectivity index (χ1n) is 7.18. The second-order valence-electron chi connectivity index (χ2n) is 4.99. The average Bonchev–Trinajstić information content (AvgIpc) is 3.13. The van der Waals surface area contributed by atoms with Crippen molar-refractivity contribution in [2.75, 3.05) is 31.5 Å². The summed E-state index contributed by atoms with van der Waals surface area (Å²) in [5, 5.41) is 8.39. The minimum atomic E-state index is -0.348. The smallest absolute Gasteiger partial charge is 0.291 e. The second kappa shape index (κ2) is 6.76. The predicted octanol–water partition coefficient (Wildman–Crippen LogP) is 2.03. The van der Waals surface area contributed by atoms with E-state index in [9.17, 15) is 9.59 Å². The molecule has 0 aromatic carbocycles. The molecule has 1 aliphatic rings. The van der Waals surface area contributed by atoms with Crippen LogP contribution in [0.15, 0.2) is 34.3 Å². The molecule has 1 fully saturated rings. The lowest BCUT2D eigenvalue weighted by atomic mass is 10.2. The third-order valence-electron chi connectivity index (χ3n) is 3.49. The van der Waals surface area contributed by atoms with Crippen LogP contribution in [-0.2, 0) is 0 Å². The average molecular weight is 319 g/mol. The Morgan fingerprint density at radius 3 is 3.00 bits per heavy atom. The predicted molar refractivity (Wildman–Crippen MR) is 84.4 cm³/mol. The summed E-state index contributed by atoms with van der Waals surface area (Å²) in [6.45, 7) is 3.13. The lowest BCUT2D eigenvalue weighted by Gasteiger charge is -2.20. The highest BCUT2D eigenvalue weighted by atomic mass is 32.1. The molecular weight excluding hydrogens is 302 g/mol. The highest BCUT2D eigenvalue weighted by Crippen LogP contribution is 2.25. The minimum absolute atomic E-state index is 0.0419. The van der Waals surface area contributed by atoms with Crippen molar-refractivity contribution in [1.29, 1.82) is 0 Å². The number of nitrogens with one attached hydrogen (secondary N) is 2. The fourth-order valence-corrected chi connectivity index (χ4v) is 3.14. The van der Waals surface area contributed by atoms with E-state index < -0.39 is 0 Å². The first-order chi connectivity index (χ1) is 10.8. The van der Waals surface area contributed by atoms with Gasteiger partial charge in [-0.05, 0) is 36.5 Å². The van der Waals surface area contributed by atoms with Gasteiger partial charge in [-0.2, -0.15) is 0 Å². The number of hydrogen-bond acceptors (Lipinski definition) is 5. The zero-order chi connectivity index (χ0) is 15.4. The lowest BCUT2D eigenvalue weighted by Crippen LogP contribution is -2.34. The molecule has 0 saturated carbocycles. The van der Waals surface area contributed by atoms with Gasteiger partial charge in [0, 0.05) is 19.6 Å². The Labute approximate surface area is 132 Å². The topological polar surface area (TPSA) is 74.6 Å². The van der Waals surface area contributed by atoms with E-state index in [0.29, 0.717) is 17.1 Å². The molecule has 7 heteroatoms. The first-order valence-corrected chi connectivity index (χ1v) is 8.06. The van der Waals surface area contributed by atoms with Crippen molar-refractivity contribution in [2.45, 2.75) is 6.42 Å². The first kappa shape index (κ1) is 14.8. The van der Waals surface area contributed by atoms with Crippen molar-refractivity contribution in [2.24, 2.45) is 0 Å². The van der Waals surface area contributed by atoms with E-state index in [1.54, 1.807) is 23.6 Å². The molecule has 0 radical (unpaired) electrons. The zero-order valence-electron chi connectivity index (χ0n) is 12.0. The molecule has 0 aliphatic carbocycles. The standard InChI is InChI=1S/C15H17N3O3S/c19-13(12-3-1-9-21-12)17-14-11(4-10-22-14)15(20)18-7-2-5-16-6-8-18/h1,3-4,9-10,16H,2,5-8H2,(H,17,19). The number of carbonyl (C=O) groups excluding carboxylic acids is 2. The Bertz CT molecular complexity index is 643. The number of rotatable bonds is 3. The quantitative estimate of drug-likeness (QED) is 0.908. The Hall–Kier alpha value is -2.12. The molecule has 0 unspecified atom stereocenters. The van der Waals surface area contributed by atoms with Crippen LogP contribution in [-0.4, -0.2) is 42.9 Å². The van der Waals surface area contributed by atoms with Crippen LogP contribution < -0.4 is 10.6 Å². The Morgan fingerprint density at radius 1 is 1.27 bits per heavy atom. The number of nitrogens with zero attached hydrogens (tertiary/aromatic N) is 1. The molecular formula is C15H17N3O3S. The summed E-state index contributed by atoms with van der Waals surface area (Å²) in [6.07, 6.45) is 2.38. The Kier molecular flexibility index (Phi) is 4.55. The highest BCUT2D eigenvalue weighted by Gasteiger charge is 2.22. The number of carbonyl (C=O) groups is 2. The van der Waals surface area contributed by atoms with Gasteiger partial charge in [0.05, 0.1) is 11.8 Å². The second-order valence-corrected chi connectivity index (χ2v) is 5.91. The highest BCUT2D eigenvalue weighted by molar-refractivity contribution is 7.14. The number of anilines is 1. The van der Waals surface area contributed by atoms with E-state index >= 15 is 0 Å². The fraction of sp³-hybridized carbons (Fsp3) is 0.333. The summed E-state index contributed by atoms with van der Waals surface area (Å²) in [6, 6.07) is 4.99. The van der Waals surface area contributed by atoms with E-state index in [4.69, 9.17) is 4.42 Å². The van der Waals surface area contributed by atoms with Crippen LogP contribution in [0, 0.1) is 0 Å². The number of furan rings is 1. The largest absolute Gasteiger partial charge is 0.459 e. The molecule has 2 aromatic heterocycles. The molecule has 2 N–H and O–H groups in total. The molecule has 3 heterocycles. The molecule has 1 aliphatic heterocycles. The van der Waals surface area contributed by atoms with Gasteiger partial charge >= 0.3 is 0 Å². The van der Waals surface area contributed by atoms with Crippen LogP contribution >= 0.6 is 11.3 Å². The summed E-state index contributed by atoms with van der Waals surface area (Å²) in [5.74, 6) is -0.163. The Balaban J connectivity index is 1.73. The van der Waals surface area contributed by atoms with Crippen LogP contribution in [0.4, 0.5) is 5.00 Å². The number of amides is 2. The van der Waals surface area contributed by atoms with Gasteiger partial charge in [-0.1, -0.05) is 0 Å². The van der Waals surface area contributed by atoms with Gasteiger partial charge in [0.1, 0.15) is 5.00 Å². The van der Waals surface area contributed by atoms with E-state index in [2.05, 4.69) is 10.6 Å². The van der Waals surface area contributed by atoms with Crippen LogP contribution in [0.3, 0.4) is 0 Å². The maximum Gasteiger partial charge on any atom is 0.291 e. The van der Waals surface area contributed by atoms with Gasteiger partial charge < -0.3 is 20.0 Å². The summed E-state index contributed by atoms with van der Waals surface area (Å²) in [4.78, 5) is 26.5. The minimum Gasteiger partial charge on any atom is -0.459 e. The number of thiophene rings is 1. The SMILES string of the molecule is O=C(Nc1sccc1C(=O)N1CCCNCC1)c1ccco1. The van der Waals surface area contributed by atoms with Crippen molar-refractivity contribution < 1.29 is 14.0 Å². The molecule has 2 aromatic rings. The lowest BCUT2D eigenvalue weighted by molar-refractivity contribution is 0.0768. The van der Waals surface area contributed by atoms with Crippen molar-refractivity contribution in [3.05, 3.63) is 41.2 Å². The zero-order valence-corrected chi connectivity index (χ0v) is 12.8. The van der Waals surface area contributed by atoms with E-state index in [1.165, 1.54) is 17.6 Å². The number of hydrogen-bond donors (Lipinski definition) is 2. The van der Waals surface area contributed by atoms with Gasteiger partial charge in [-0.3, -0.25) is 9.59 Å². The van der Waals surface area contributed by atoms with Crippen LogP contribution in [0.5, 0.6) is 0 Å². The molecule has 0 bridgehead atoms. The van der Waals surface area contributed by atoms with Crippen molar-refractivity contribution in [1.82, 2.24) is 10.2 Å². The third kappa shape index (κ3) is 3.20. The van der Waals surface area contributed by atoms with Crippen LogP contribution in [0.25, 0.3) is 0 Å². The summed E-state index contributed by atoms with van der Waals surface area (Å²) >= 11 is 1.34. The van der Waals surface area contributed by atoms with Crippen molar-refractivity contribution >= 4 is 28.2 Å². The molecule has 3 rings (SSSR count). The van der Waals surface area contributed by atoms with Gasteiger partial charge in [-0.15, -0.1) is 11.3 Å². The molecule has 0 atom stereocenters. The van der Waals surface area contributed by atoms with Gasteiger partial charge in [-0.25, -0.2) is 0 Å². The normalized spacial score (nSPS) is 15.4. The summed E-state index contributed by atoms with van der Waals surface area (Å²) in [7, 11) is 0. The molecule has 116 valence electrons. The van der Waals surface area contributed by atoms with Crippen LogP contribution in [0.1, 0.15) is 27.3 Å². The molecule has 1 saturated heterocycles. The van der Waals surface area contributed by atoms with Gasteiger partial charge in [0.25, 0.3) is 11.8 Å². The maximum atomic E-state index is 12.6. The molecule has 22 heavy (non-hydrogen) atoms. The van der Waals surface area contributed by atoms with E-state index in [1.807, 2.05) is 4.90 Å². The van der Waals surface area contributed by atoms with Crippen molar-refractivity contribution in [3.8, 4) is 0 Å². The molecule has 0 spiro atoms. The fourth-order valence-electron chi connectivity index (χ4n) is 2.37. The molecule has 2 amide bonds. The summed E-state index contributed by atoms with van der Waals surface area (Å²) in [5.41, 5.74) is 0.534.